The molecule has 18 heavy (non-hydrogen) atoms. The number of carbonyl (C=O) groups is 1. The van der Waals surface area contributed by atoms with Crippen molar-refractivity contribution in [3.05, 3.63) is 20.8 Å². The molecule has 0 amide bonds. The van der Waals surface area contributed by atoms with E-state index in [4.69, 9.17) is 5.11 Å². The number of thiophene rings is 1. The Kier molecular flexibility index (Phi) is 3.45. The monoisotopic (exact) mass is 284 g/mol. The molecule has 0 spiro atoms. The number of rotatable bonds is 3. The summed E-state index contributed by atoms with van der Waals surface area (Å²) in [7, 11) is 0. The molecular weight excluding hydrogens is 272 g/mol. The van der Waals surface area contributed by atoms with Crippen LogP contribution in [0.2, 0.25) is 0 Å². The van der Waals surface area contributed by atoms with Gasteiger partial charge in [-0.15, -0.1) is 11.3 Å². The summed E-state index contributed by atoms with van der Waals surface area (Å²) in [6.07, 6.45) is 1.78. The quantitative estimate of drug-likeness (QED) is 0.688. The van der Waals surface area contributed by atoms with Crippen LogP contribution >= 0.6 is 23.1 Å². The Morgan fingerprint density at radius 2 is 2.17 bits per heavy atom. The van der Waals surface area contributed by atoms with Crippen molar-refractivity contribution in [1.82, 2.24) is 9.55 Å². The van der Waals surface area contributed by atoms with Crippen LogP contribution in [0.4, 0.5) is 0 Å². The normalized spacial score (nSPS) is 11.1. The van der Waals surface area contributed by atoms with Gasteiger partial charge in [-0.2, -0.15) is 0 Å². The van der Waals surface area contributed by atoms with Crippen molar-refractivity contribution in [2.75, 3.05) is 6.26 Å². The predicted octanol–water partition coefficient (Wildman–Crippen LogP) is 1.88. The van der Waals surface area contributed by atoms with Gasteiger partial charge in [0, 0.05) is 4.88 Å². The molecule has 0 saturated carbocycles. The number of aromatic nitrogens is 2. The standard InChI is InChI=1S/C11H12N2O3S2/c1-5-6(2)18-9-8(5)10(16)13(4-7(14)15)11(12-9)17-3/h4H2,1-3H3,(H,14,15). The van der Waals surface area contributed by atoms with Crippen molar-refractivity contribution in [2.24, 2.45) is 0 Å². The van der Waals surface area contributed by atoms with E-state index in [1.807, 2.05) is 13.8 Å². The molecule has 0 aromatic carbocycles. The van der Waals surface area contributed by atoms with Crippen molar-refractivity contribution in [2.45, 2.75) is 25.5 Å². The van der Waals surface area contributed by atoms with Gasteiger partial charge >= 0.3 is 5.97 Å². The number of aliphatic carboxylic acids is 1. The van der Waals surface area contributed by atoms with Crippen LogP contribution in [-0.4, -0.2) is 26.9 Å². The summed E-state index contributed by atoms with van der Waals surface area (Å²) >= 11 is 2.74. The fraction of sp³-hybridized carbons (Fsp3) is 0.364. The molecule has 0 aliphatic carbocycles. The minimum absolute atomic E-state index is 0.270. The zero-order valence-corrected chi connectivity index (χ0v) is 11.8. The van der Waals surface area contributed by atoms with Crippen LogP contribution in [-0.2, 0) is 11.3 Å². The van der Waals surface area contributed by atoms with Gasteiger partial charge in [0.05, 0.1) is 5.39 Å². The van der Waals surface area contributed by atoms with Crippen LogP contribution in [0.1, 0.15) is 10.4 Å². The van der Waals surface area contributed by atoms with E-state index < -0.39 is 5.97 Å². The predicted molar refractivity (Wildman–Crippen MR) is 72.8 cm³/mol. The third kappa shape index (κ3) is 2.04. The number of hydrogen-bond acceptors (Lipinski definition) is 5. The van der Waals surface area contributed by atoms with Gasteiger partial charge < -0.3 is 5.11 Å². The highest BCUT2D eigenvalue weighted by Crippen LogP contribution is 2.27. The molecule has 96 valence electrons. The second-order valence-corrected chi connectivity index (χ2v) is 5.82. The molecule has 0 saturated heterocycles. The number of aryl methyl sites for hydroxylation is 2. The second-order valence-electron chi connectivity index (χ2n) is 3.85. The summed E-state index contributed by atoms with van der Waals surface area (Å²) in [5.41, 5.74) is 0.618. The summed E-state index contributed by atoms with van der Waals surface area (Å²) in [4.78, 5) is 29.2. The maximum Gasteiger partial charge on any atom is 0.323 e. The van der Waals surface area contributed by atoms with Gasteiger partial charge in [0.25, 0.3) is 5.56 Å². The Labute approximate surface area is 111 Å². The van der Waals surface area contributed by atoms with E-state index in [1.165, 1.54) is 27.7 Å². The Balaban J connectivity index is 2.83. The van der Waals surface area contributed by atoms with Crippen LogP contribution in [0, 0.1) is 13.8 Å². The molecule has 0 aliphatic rings. The number of carboxylic acid groups (broad SMARTS) is 1. The van der Waals surface area contributed by atoms with E-state index in [-0.39, 0.29) is 12.1 Å². The van der Waals surface area contributed by atoms with E-state index in [0.29, 0.717) is 15.4 Å². The highest BCUT2D eigenvalue weighted by molar-refractivity contribution is 7.98. The zero-order valence-electron chi connectivity index (χ0n) is 10.2. The summed E-state index contributed by atoms with van der Waals surface area (Å²) in [6, 6.07) is 0. The fourth-order valence-corrected chi connectivity index (χ4v) is 3.37. The number of hydrogen-bond donors (Lipinski definition) is 1. The molecule has 0 fully saturated rings. The number of thioether (sulfide) groups is 1. The minimum Gasteiger partial charge on any atom is -0.480 e. The molecule has 0 aliphatic heterocycles. The molecule has 0 radical (unpaired) electrons. The maximum absolute atomic E-state index is 12.3. The first-order chi connectivity index (χ1) is 8.45. The van der Waals surface area contributed by atoms with Crippen LogP contribution in [0.25, 0.3) is 10.2 Å². The largest absolute Gasteiger partial charge is 0.480 e. The lowest BCUT2D eigenvalue weighted by Gasteiger charge is -2.07. The molecule has 0 atom stereocenters. The van der Waals surface area contributed by atoms with E-state index in [2.05, 4.69) is 4.98 Å². The lowest BCUT2D eigenvalue weighted by molar-refractivity contribution is -0.137. The van der Waals surface area contributed by atoms with Gasteiger partial charge in [-0.3, -0.25) is 14.2 Å². The van der Waals surface area contributed by atoms with Crippen LogP contribution < -0.4 is 5.56 Å². The van der Waals surface area contributed by atoms with Crippen LogP contribution in [0.15, 0.2) is 9.95 Å². The smallest absolute Gasteiger partial charge is 0.323 e. The lowest BCUT2D eigenvalue weighted by atomic mass is 10.2. The summed E-state index contributed by atoms with van der Waals surface area (Å²) in [5, 5.41) is 9.84. The highest BCUT2D eigenvalue weighted by Gasteiger charge is 2.17. The zero-order chi connectivity index (χ0) is 13.4. The van der Waals surface area contributed by atoms with Gasteiger partial charge in [-0.05, 0) is 25.7 Å². The molecule has 2 aromatic heterocycles. The SMILES string of the molecule is CSc1nc2sc(C)c(C)c2c(=O)n1CC(=O)O. The molecule has 2 heterocycles. The molecule has 0 bridgehead atoms. The lowest BCUT2D eigenvalue weighted by Crippen LogP contribution is -2.26. The molecule has 1 N–H and O–H groups in total. The third-order valence-electron chi connectivity index (χ3n) is 2.73. The molecule has 2 rings (SSSR count). The topological polar surface area (TPSA) is 72.2 Å². The Morgan fingerprint density at radius 3 is 2.72 bits per heavy atom. The third-order valence-corrected chi connectivity index (χ3v) is 4.51. The van der Waals surface area contributed by atoms with Gasteiger partial charge in [-0.1, -0.05) is 11.8 Å². The van der Waals surface area contributed by atoms with Gasteiger partial charge in [0.15, 0.2) is 5.16 Å². The van der Waals surface area contributed by atoms with Crippen LogP contribution in [0.3, 0.4) is 0 Å². The second kappa shape index (κ2) is 4.74. The first-order valence-electron chi connectivity index (χ1n) is 5.22. The molecular formula is C11H12N2O3S2. The number of fused-ring (bicyclic) bond motifs is 1. The molecule has 5 nitrogen and oxygen atoms in total. The fourth-order valence-electron chi connectivity index (χ4n) is 1.74. The van der Waals surface area contributed by atoms with E-state index in [9.17, 15) is 9.59 Å². The first kappa shape index (κ1) is 13.1. The summed E-state index contributed by atoms with van der Waals surface area (Å²) in [6.45, 7) is 3.44. The minimum atomic E-state index is -1.04. The van der Waals surface area contributed by atoms with Crippen molar-refractivity contribution < 1.29 is 9.90 Å². The van der Waals surface area contributed by atoms with Gasteiger partial charge in [-0.25, -0.2) is 4.98 Å². The average Bonchev–Trinajstić information content (AvgIpc) is 2.58. The average molecular weight is 284 g/mol. The Hall–Kier alpha value is -1.34. The molecule has 7 heteroatoms. The van der Waals surface area contributed by atoms with E-state index in [0.717, 1.165) is 10.4 Å². The number of carboxylic acids is 1. The van der Waals surface area contributed by atoms with Crippen molar-refractivity contribution >= 4 is 39.3 Å². The molecule has 0 unspecified atom stereocenters. The van der Waals surface area contributed by atoms with Gasteiger partial charge in [0.1, 0.15) is 11.4 Å². The first-order valence-corrected chi connectivity index (χ1v) is 7.26. The maximum atomic E-state index is 12.3. The summed E-state index contributed by atoms with van der Waals surface area (Å²) in [5.74, 6) is -1.04. The summed E-state index contributed by atoms with van der Waals surface area (Å²) < 4.78 is 1.22. The van der Waals surface area contributed by atoms with Crippen molar-refractivity contribution in [3.8, 4) is 0 Å². The van der Waals surface area contributed by atoms with E-state index >= 15 is 0 Å². The van der Waals surface area contributed by atoms with Crippen molar-refractivity contribution in [1.29, 1.82) is 0 Å². The van der Waals surface area contributed by atoms with E-state index in [1.54, 1.807) is 6.26 Å². The highest BCUT2D eigenvalue weighted by atomic mass is 32.2. The van der Waals surface area contributed by atoms with Crippen LogP contribution in [0.5, 0.6) is 0 Å². The number of nitrogens with zero attached hydrogens (tertiary/aromatic N) is 2. The van der Waals surface area contributed by atoms with Crippen molar-refractivity contribution in [3.63, 3.8) is 0 Å². The Morgan fingerprint density at radius 1 is 1.50 bits per heavy atom. The molecule has 2 aromatic rings. The Bertz CT molecular complexity index is 688. The van der Waals surface area contributed by atoms with Gasteiger partial charge in [0.2, 0.25) is 0 Å².